The van der Waals surface area contributed by atoms with E-state index in [1.165, 1.54) is 116 Å². The van der Waals surface area contributed by atoms with Crippen molar-refractivity contribution >= 4 is 10.1 Å². The summed E-state index contributed by atoms with van der Waals surface area (Å²) in [6.45, 7) is 14.4. The molecular weight excluding hydrogens is 596 g/mol. The predicted octanol–water partition coefficient (Wildman–Crippen LogP) is 9.16. The maximum absolute atomic E-state index is 11.3. The average molecular weight is 678 g/mol. The summed E-state index contributed by atoms with van der Waals surface area (Å²) in [5.41, 5.74) is 0. The lowest BCUT2D eigenvalue weighted by molar-refractivity contribution is -0.925. The summed E-state index contributed by atoms with van der Waals surface area (Å²) < 4.78 is 32.5. The first kappa shape index (κ1) is 45.8. The van der Waals surface area contributed by atoms with E-state index in [0.717, 1.165) is 69.3 Å². The Morgan fingerprint density at radius 3 is 1.22 bits per heavy atom. The van der Waals surface area contributed by atoms with Crippen LogP contribution in [0.3, 0.4) is 0 Å². The highest BCUT2D eigenvalue weighted by Gasteiger charge is 2.24. The molecule has 2 unspecified atom stereocenters. The Kier molecular flexibility index (Phi) is 30.6. The Morgan fingerprint density at radius 2 is 0.870 bits per heavy atom. The van der Waals surface area contributed by atoms with Crippen LogP contribution >= 0.6 is 0 Å². The molecule has 0 rings (SSSR count). The molecule has 0 amide bonds. The summed E-state index contributed by atoms with van der Waals surface area (Å²) in [5, 5.41) is 21.9. The van der Waals surface area contributed by atoms with Crippen LogP contribution in [-0.4, -0.2) is 96.3 Å². The van der Waals surface area contributed by atoms with E-state index < -0.39 is 10.1 Å². The smallest absolute Gasteiger partial charge is 0.265 e. The lowest BCUT2D eigenvalue weighted by Gasteiger charge is -2.38. The van der Waals surface area contributed by atoms with Crippen molar-refractivity contribution in [2.75, 3.05) is 51.6 Å². The standard InChI is InChI=1S/C38H80N2O5S/c1-5-9-11-13-15-17-19-21-23-25-29-37(41)35-39(31-27-32-40(7-3,8-4)33-28-34-46(43,44)45)36-38(42)30-26-24-22-20-18-16-14-12-10-6-2/h37-38,41-42H,5-36H2,1-4H3/p+1. The molecule has 0 spiro atoms. The Bertz CT molecular complexity index is 715. The zero-order valence-corrected chi connectivity index (χ0v) is 32.1. The zero-order chi connectivity index (χ0) is 34.4. The molecule has 0 aliphatic carbocycles. The summed E-state index contributed by atoms with van der Waals surface area (Å²) >= 11 is 0. The Hall–Kier alpha value is -0.250. The van der Waals surface area contributed by atoms with Gasteiger partial charge in [0.05, 0.1) is 44.1 Å². The van der Waals surface area contributed by atoms with Crippen LogP contribution < -0.4 is 0 Å². The summed E-state index contributed by atoms with van der Waals surface area (Å²) in [6, 6.07) is 0. The molecule has 2 atom stereocenters. The highest BCUT2D eigenvalue weighted by atomic mass is 32.2. The summed E-state index contributed by atoms with van der Waals surface area (Å²) in [6.07, 6.45) is 28.1. The summed E-state index contributed by atoms with van der Waals surface area (Å²) in [7, 11) is -3.94. The topological polar surface area (TPSA) is 98.1 Å². The third-order valence-electron chi connectivity index (χ3n) is 10.2. The number of hydrogen-bond donors (Lipinski definition) is 3. The van der Waals surface area contributed by atoms with Gasteiger partial charge in [0.1, 0.15) is 0 Å². The Labute approximate surface area is 287 Å². The maximum atomic E-state index is 11.3. The Balaban J connectivity index is 4.70. The van der Waals surface area contributed by atoms with Crippen molar-refractivity contribution < 1.29 is 27.7 Å². The van der Waals surface area contributed by atoms with Gasteiger partial charge in [-0.05, 0) is 26.7 Å². The van der Waals surface area contributed by atoms with Crippen LogP contribution in [0.4, 0.5) is 0 Å². The molecule has 0 aliphatic heterocycles. The SMILES string of the molecule is CCCCCCCCCCCCC(O)CN(CCC[N+](CC)(CC)CCCS(=O)(=O)O)CC(O)CCCCCCCCCCCC. The Morgan fingerprint density at radius 1 is 0.522 bits per heavy atom. The minimum absolute atomic E-state index is 0.185. The van der Waals surface area contributed by atoms with Crippen LogP contribution in [0, 0.1) is 0 Å². The third kappa shape index (κ3) is 28.7. The van der Waals surface area contributed by atoms with Crippen molar-refractivity contribution in [2.24, 2.45) is 0 Å². The highest BCUT2D eigenvalue weighted by molar-refractivity contribution is 7.85. The van der Waals surface area contributed by atoms with E-state index in [4.69, 9.17) is 0 Å². The molecule has 0 fully saturated rings. The van der Waals surface area contributed by atoms with Crippen molar-refractivity contribution in [3.05, 3.63) is 0 Å². The first-order chi connectivity index (χ1) is 22.1. The van der Waals surface area contributed by atoms with Crippen LogP contribution in [0.25, 0.3) is 0 Å². The van der Waals surface area contributed by atoms with Gasteiger partial charge in [0, 0.05) is 32.5 Å². The molecule has 3 N–H and O–H groups in total. The molecular formula is C38H81N2O5S+. The maximum Gasteiger partial charge on any atom is 0.265 e. The lowest BCUT2D eigenvalue weighted by Crippen LogP contribution is -2.50. The minimum atomic E-state index is -3.94. The number of unbranched alkanes of at least 4 members (excludes halogenated alkanes) is 18. The van der Waals surface area contributed by atoms with E-state index in [2.05, 4.69) is 32.6 Å². The third-order valence-corrected chi connectivity index (χ3v) is 11.0. The fourth-order valence-electron chi connectivity index (χ4n) is 6.95. The quantitative estimate of drug-likeness (QED) is 0.0348. The number of rotatable bonds is 36. The monoisotopic (exact) mass is 678 g/mol. The average Bonchev–Trinajstić information content (AvgIpc) is 3.01. The highest BCUT2D eigenvalue weighted by Crippen LogP contribution is 2.16. The number of hydrogen-bond acceptors (Lipinski definition) is 5. The van der Waals surface area contributed by atoms with Gasteiger partial charge in [0.25, 0.3) is 10.1 Å². The molecule has 0 aromatic rings. The minimum Gasteiger partial charge on any atom is -0.392 e. The number of nitrogens with zero attached hydrogens (tertiary/aromatic N) is 2. The fourth-order valence-corrected chi connectivity index (χ4v) is 7.44. The molecule has 278 valence electrons. The molecule has 0 saturated carbocycles. The van der Waals surface area contributed by atoms with Crippen LogP contribution in [0.2, 0.25) is 0 Å². The number of quaternary nitrogens is 1. The number of aliphatic hydroxyl groups is 2. The van der Waals surface area contributed by atoms with E-state index in [0.29, 0.717) is 19.5 Å². The molecule has 0 saturated heterocycles. The van der Waals surface area contributed by atoms with E-state index in [9.17, 15) is 23.2 Å². The van der Waals surface area contributed by atoms with Gasteiger partial charge in [-0.1, -0.05) is 142 Å². The van der Waals surface area contributed by atoms with Gasteiger partial charge in [-0.15, -0.1) is 0 Å². The van der Waals surface area contributed by atoms with Gasteiger partial charge >= 0.3 is 0 Å². The van der Waals surface area contributed by atoms with Crippen molar-refractivity contribution in [3.63, 3.8) is 0 Å². The molecule has 0 aromatic carbocycles. The largest absolute Gasteiger partial charge is 0.392 e. The van der Waals surface area contributed by atoms with E-state index in [1.54, 1.807) is 0 Å². The normalized spacial score (nSPS) is 13.9. The summed E-state index contributed by atoms with van der Waals surface area (Å²) in [4.78, 5) is 2.28. The van der Waals surface area contributed by atoms with E-state index >= 15 is 0 Å². The van der Waals surface area contributed by atoms with Crippen LogP contribution in [0.1, 0.15) is 182 Å². The van der Waals surface area contributed by atoms with Gasteiger partial charge in [-0.2, -0.15) is 8.42 Å². The van der Waals surface area contributed by atoms with Crippen molar-refractivity contribution in [1.29, 1.82) is 0 Å². The van der Waals surface area contributed by atoms with Crippen molar-refractivity contribution in [1.82, 2.24) is 4.90 Å². The second-order valence-corrected chi connectivity index (χ2v) is 16.0. The second kappa shape index (κ2) is 30.8. The molecule has 0 heterocycles. The van der Waals surface area contributed by atoms with Gasteiger partial charge < -0.3 is 14.7 Å². The first-order valence-corrected chi connectivity index (χ1v) is 21.6. The molecule has 8 heteroatoms. The second-order valence-electron chi connectivity index (χ2n) is 14.4. The molecule has 0 aliphatic rings. The summed E-state index contributed by atoms with van der Waals surface area (Å²) in [5.74, 6) is -0.185. The van der Waals surface area contributed by atoms with Gasteiger partial charge in [-0.3, -0.25) is 9.45 Å². The van der Waals surface area contributed by atoms with Crippen molar-refractivity contribution in [3.8, 4) is 0 Å². The van der Waals surface area contributed by atoms with Gasteiger partial charge in [0.15, 0.2) is 0 Å². The van der Waals surface area contributed by atoms with Gasteiger partial charge in [0.2, 0.25) is 0 Å². The molecule has 7 nitrogen and oxygen atoms in total. The van der Waals surface area contributed by atoms with E-state index in [-0.39, 0.29) is 18.0 Å². The molecule has 0 radical (unpaired) electrons. The number of aliphatic hydroxyl groups excluding tert-OH is 2. The molecule has 46 heavy (non-hydrogen) atoms. The van der Waals surface area contributed by atoms with E-state index in [1.807, 2.05) is 0 Å². The molecule has 0 aromatic heterocycles. The van der Waals surface area contributed by atoms with Crippen LogP contribution in [0.15, 0.2) is 0 Å². The van der Waals surface area contributed by atoms with Crippen LogP contribution in [-0.2, 0) is 10.1 Å². The fraction of sp³-hybridized carbons (Fsp3) is 1.00. The van der Waals surface area contributed by atoms with Crippen LogP contribution in [0.5, 0.6) is 0 Å². The lowest BCUT2D eigenvalue weighted by atomic mass is 10.0. The van der Waals surface area contributed by atoms with Gasteiger partial charge in [-0.25, -0.2) is 0 Å². The molecule has 0 bridgehead atoms. The first-order valence-electron chi connectivity index (χ1n) is 20.0. The zero-order valence-electron chi connectivity index (χ0n) is 31.2. The predicted molar refractivity (Wildman–Crippen MR) is 198 cm³/mol. The van der Waals surface area contributed by atoms with Crippen molar-refractivity contribution in [2.45, 2.75) is 194 Å².